The fourth-order valence-corrected chi connectivity index (χ4v) is 1.85. The van der Waals surface area contributed by atoms with Crippen molar-refractivity contribution in [3.63, 3.8) is 0 Å². The van der Waals surface area contributed by atoms with E-state index in [1.165, 1.54) is 0 Å². The second-order valence-corrected chi connectivity index (χ2v) is 4.68. The maximum Gasteiger partial charge on any atom is 0.513 e. The van der Waals surface area contributed by atoms with Gasteiger partial charge in [-0.1, -0.05) is 17.7 Å². The number of ether oxygens (including phenoxy) is 2. The predicted octanol–water partition coefficient (Wildman–Crippen LogP) is 4.49. The lowest BCUT2D eigenvalue weighted by Gasteiger charge is -2.09. The van der Waals surface area contributed by atoms with Crippen molar-refractivity contribution >= 4 is 17.8 Å². The van der Waals surface area contributed by atoms with E-state index in [0.717, 1.165) is 12.3 Å². The van der Waals surface area contributed by atoms with Crippen molar-refractivity contribution < 1.29 is 31.8 Å². The maximum atomic E-state index is 13.6. The molecule has 0 aliphatic heterocycles. The Balaban J connectivity index is 2.29. The van der Waals surface area contributed by atoms with Crippen molar-refractivity contribution in [1.29, 1.82) is 0 Å². The van der Waals surface area contributed by atoms with Crippen LogP contribution in [0.15, 0.2) is 24.4 Å². The summed E-state index contributed by atoms with van der Waals surface area (Å²) in [4.78, 5) is 18.7. The van der Waals surface area contributed by atoms with Crippen molar-refractivity contribution in [3.8, 4) is 17.1 Å². The minimum atomic E-state index is -4.81. The Bertz CT molecular complexity index is 768. The second kappa shape index (κ2) is 7.00. The Morgan fingerprint density at radius 2 is 2.04 bits per heavy atom. The maximum absolute atomic E-state index is 13.6. The summed E-state index contributed by atoms with van der Waals surface area (Å²) in [5.74, 6) is -1.80. The lowest BCUT2D eigenvalue weighted by atomic mass is 10.1. The molecule has 0 fully saturated rings. The van der Waals surface area contributed by atoms with Gasteiger partial charge in [-0.25, -0.2) is 19.2 Å². The van der Waals surface area contributed by atoms with Crippen LogP contribution in [0.1, 0.15) is 12.5 Å². The minimum absolute atomic E-state index is 0.0231. The molecule has 0 saturated carbocycles. The Kier molecular flexibility index (Phi) is 5.23. The van der Waals surface area contributed by atoms with Gasteiger partial charge in [0.25, 0.3) is 0 Å². The summed E-state index contributed by atoms with van der Waals surface area (Å²) in [5.41, 5.74) is -1.43. The van der Waals surface area contributed by atoms with E-state index in [2.05, 4.69) is 14.7 Å². The molecule has 0 amide bonds. The molecule has 24 heavy (non-hydrogen) atoms. The monoisotopic (exact) mass is 364 g/mol. The van der Waals surface area contributed by atoms with E-state index in [9.17, 15) is 22.4 Å². The Labute approximate surface area is 138 Å². The van der Waals surface area contributed by atoms with Gasteiger partial charge in [0, 0.05) is 5.56 Å². The molecule has 1 heterocycles. The summed E-state index contributed by atoms with van der Waals surface area (Å²) in [6.45, 7) is 1.65. The van der Waals surface area contributed by atoms with Crippen LogP contribution in [-0.2, 0) is 10.9 Å². The molecule has 0 aliphatic rings. The average molecular weight is 365 g/mol. The normalized spacial score (nSPS) is 11.2. The van der Waals surface area contributed by atoms with E-state index >= 15 is 0 Å². The SMILES string of the molecule is CCOC(=O)Oc1cnc(-c2ccc(C(F)(F)F)c(F)c2)nc1Cl. The van der Waals surface area contributed by atoms with Gasteiger partial charge in [-0.05, 0) is 19.1 Å². The number of hydrogen-bond acceptors (Lipinski definition) is 5. The molecular formula is C14H9ClF4N2O3. The van der Waals surface area contributed by atoms with Crippen LogP contribution < -0.4 is 4.74 Å². The molecule has 2 aromatic rings. The van der Waals surface area contributed by atoms with Crippen LogP contribution in [-0.4, -0.2) is 22.7 Å². The molecule has 0 radical (unpaired) electrons. The van der Waals surface area contributed by atoms with Gasteiger partial charge in [-0.2, -0.15) is 13.2 Å². The number of aromatic nitrogens is 2. The number of alkyl halides is 3. The Hall–Kier alpha value is -2.42. The molecule has 1 aromatic heterocycles. The van der Waals surface area contributed by atoms with Crippen molar-refractivity contribution in [2.75, 3.05) is 6.61 Å². The molecular weight excluding hydrogens is 356 g/mol. The molecule has 10 heteroatoms. The zero-order chi connectivity index (χ0) is 17.9. The van der Waals surface area contributed by atoms with E-state index in [0.29, 0.717) is 12.1 Å². The molecule has 128 valence electrons. The first-order valence-corrected chi connectivity index (χ1v) is 6.84. The van der Waals surface area contributed by atoms with Crippen LogP contribution in [0.4, 0.5) is 22.4 Å². The first kappa shape index (κ1) is 17.9. The summed E-state index contributed by atoms with van der Waals surface area (Å²) >= 11 is 5.81. The average Bonchev–Trinajstić information content (AvgIpc) is 2.48. The van der Waals surface area contributed by atoms with Gasteiger partial charge in [0.15, 0.2) is 16.7 Å². The van der Waals surface area contributed by atoms with Crippen LogP contribution in [0.5, 0.6) is 5.75 Å². The predicted molar refractivity (Wildman–Crippen MR) is 75.1 cm³/mol. The molecule has 0 aliphatic carbocycles. The van der Waals surface area contributed by atoms with Crippen LogP contribution in [0.25, 0.3) is 11.4 Å². The smallest absolute Gasteiger partial charge is 0.434 e. The molecule has 2 rings (SSSR count). The number of halogens is 5. The van der Waals surface area contributed by atoms with E-state index in [4.69, 9.17) is 16.3 Å². The fraction of sp³-hybridized carbons (Fsp3) is 0.214. The Morgan fingerprint density at radius 1 is 1.33 bits per heavy atom. The standard InChI is InChI=1S/C14H9ClF4N2O3/c1-2-23-13(22)24-10-6-20-12(21-11(10)15)7-3-4-8(9(16)5-7)14(17,18)19/h3-6H,2H2,1H3. The molecule has 0 atom stereocenters. The van der Waals surface area contributed by atoms with Gasteiger partial charge in [-0.15, -0.1) is 0 Å². The second-order valence-electron chi connectivity index (χ2n) is 4.33. The van der Waals surface area contributed by atoms with Crippen LogP contribution >= 0.6 is 11.6 Å². The molecule has 1 aromatic carbocycles. The van der Waals surface area contributed by atoms with Crippen molar-refractivity contribution in [1.82, 2.24) is 9.97 Å². The first-order valence-electron chi connectivity index (χ1n) is 6.46. The van der Waals surface area contributed by atoms with Crippen LogP contribution in [0, 0.1) is 5.82 Å². The van der Waals surface area contributed by atoms with Crippen molar-refractivity contribution in [3.05, 3.63) is 40.9 Å². The lowest BCUT2D eigenvalue weighted by molar-refractivity contribution is -0.139. The van der Waals surface area contributed by atoms with Crippen molar-refractivity contribution in [2.24, 2.45) is 0 Å². The number of hydrogen-bond donors (Lipinski definition) is 0. The van der Waals surface area contributed by atoms with Gasteiger partial charge >= 0.3 is 12.3 Å². The zero-order valence-electron chi connectivity index (χ0n) is 12.0. The van der Waals surface area contributed by atoms with Crippen LogP contribution in [0.3, 0.4) is 0 Å². The lowest BCUT2D eigenvalue weighted by Crippen LogP contribution is -2.11. The molecule has 5 nitrogen and oxygen atoms in total. The third-order valence-corrected chi connectivity index (χ3v) is 2.97. The summed E-state index contributed by atoms with van der Waals surface area (Å²) < 4.78 is 60.4. The first-order chi connectivity index (χ1) is 11.2. The summed E-state index contributed by atoms with van der Waals surface area (Å²) in [7, 11) is 0. The van der Waals surface area contributed by atoms with Gasteiger partial charge in [-0.3, -0.25) is 0 Å². The van der Waals surface area contributed by atoms with Gasteiger partial charge < -0.3 is 9.47 Å². The topological polar surface area (TPSA) is 61.3 Å². The number of nitrogens with zero attached hydrogens (tertiary/aromatic N) is 2. The highest BCUT2D eigenvalue weighted by molar-refractivity contribution is 6.31. The molecule has 0 spiro atoms. The molecule has 0 bridgehead atoms. The van der Waals surface area contributed by atoms with Gasteiger partial charge in [0.2, 0.25) is 0 Å². The highest BCUT2D eigenvalue weighted by atomic mass is 35.5. The molecule has 0 unspecified atom stereocenters. The minimum Gasteiger partial charge on any atom is -0.434 e. The van der Waals surface area contributed by atoms with E-state index in [1.54, 1.807) is 6.92 Å². The van der Waals surface area contributed by atoms with Gasteiger partial charge in [0.1, 0.15) is 5.82 Å². The number of benzene rings is 1. The van der Waals surface area contributed by atoms with Crippen LogP contribution in [0.2, 0.25) is 5.15 Å². The third-order valence-electron chi connectivity index (χ3n) is 2.70. The highest BCUT2D eigenvalue weighted by Crippen LogP contribution is 2.33. The largest absolute Gasteiger partial charge is 0.513 e. The summed E-state index contributed by atoms with van der Waals surface area (Å²) in [6.07, 6.45) is -4.80. The third kappa shape index (κ3) is 4.10. The van der Waals surface area contributed by atoms with Crippen molar-refractivity contribution in [2.45, 2.75) is 13.1 Å². The number of carbonyl (C=O) groups excluding carboxylic acids is 1. The number of carbonyl (C=O) groups is 1. The summed E-state index contributed by atoms with van der Waals surface area (Å²) in [6, 6.07) is 2.22. The Morgan fingerprint density at radius 3 is 2.58 bits per heavy atom. The molecule has 0 saturated heterocycles. The summed E-state index contributed by atoms with van der Waals surface area (Å²) in [5, 5.41) is -0.284. The quantitative estimate of drug-likeness (QED) is 0.456. The number of rotatable bonds is 3. The highest BCUT2D eigenvalue weighted by Gasteiger charge is 2.34. The van der Waals surface area contributed by atoms with Gasteiger partial charge in [0.05, 0.1) is 18.4 Å². The van der Waals surface area contributed by atoms with E-state index in [1.807, 2.05) is 0 Å². The molecule has 0 N–H and O–H groups in total. The fourth-order valence-electron chi connectivity index (χ4n) is 1.68. The van der Waals surface area contributed by atoms with E-state index in [-0.39, 0.29) is 28.9 Å². The van der Waals surface area contributed by atoms with E-state index < -0.39 is 23.7 Å². The zero-order valence-corrected chi connectivity index (χ0v) is 12.8.